The van der Waals surface area contributed by atoms with Gasteiger partial charge in [0.1, 0.15) is 5.75 Å². The van der Waals surface area contributed by atoms with Gasteiger partial charge >= 0.3 is 0 Å². The van der Waals surface area contributed by atoms with E-state index in [-0.39, 0.29) is 5.91 Å². The zero-order chi connectivity index (χ0) is 15.4. The van der Waals surface area contributed by atoms with Crippen LogP contribution in [0.1, 0.15) is 22.8 Å². The van der Waals surface area contributed by atoms with Gasteiger partial charge in [0.15, 0.2) is 5.75 Å². The number of carbonyl (C=O) groups is 1. The molecule has 2 rings (SSSR count). The predicted octanol–water partition coefficient (Wildman–Crippen LogP) is 3.88. The summed E-state index contributed by atoms with van der Waals surface area (Å²) in [7, 11) is 0. The third-order valence-electron chi connectivity index (χ3n) is 2.97. The molecule has 0 fully saturated rings. The number of nitrogens with one attached hydrogen (secondary N) is 1. The zero-order valence-corrected chi connectivity index (χ0v) is 13.5. The third kappa shape index (κ3) is 3.76. The Morgan fingerprint density at radius 3 is 2.67 bits per heavy atom. The Balaban J connectivity index is 2.30. The summed E-state index contributed by atoms with van der Waals surface area (Å²) in [6.45, 7) is 4.40. The average Bonchev–Trinajstić information content (AvgIpc) is 2.44. The molecule has 110 valence electrons. The van der Waals surface area contributed by atoms with Gasteiger partial charge in [0, 0.05) is 16.6 Å². The summed E-state index contributed by atoms with van der Waals surface area (Å²) < 4.78 is 6.82. The van der Waals surface area contributed by atoms with E-state index in [0.29, 0.717) is 29.3 Å². The van der Waals surface area contributed by atoms with Crippen molar-refractivity contribution in [3.63, 3.8) is 0 Å². The second-order valence-electron chi connectivity index (χ2n) is 4.62. The Bertz CT molecular complexity index is 671. The molecule has 0 atom stereocenters. The quantitative estimate of drug-likeness (QED) is 0.824. The lowest BCUT2D eigenvalue weighted by Gasteiger charge is -2.12. The molecule has 4 nitrogen and oxygen atoms in total. The monoisotopic (exact) mass is 348 g/mol. The van der Waals surface area contributed by atoms with Crippen LogP contribution in [0.25, 0.3) is 0 Å². The molecule has 0 heterocycles. The number of aryl methyl sites for hydroxylation is 1. The minimum Gasteiger partial charge on any atom is -0.455 e. The van der Waals surface area contributed by atoms with Gasteiger partial charge in [0.2, 0.25) is 0 Å². The Hall–Kier alpha value is -2.01. The second kappa shape index (κ2) is 6.63. The largest absolute Gasteiger partial charge is 0.455 e. The molecular formula is C16H17BrN2O2. The highest BCUT2D eigenvalue weighted by Crippen LogP contribution is 2.31. The number of amides is 1. The van der Waals surface area contributed by atoms with E-state index in [2.05, 4.69) is 21.2 Å². The van der Waals surface area contributed by atoms with E-state index in [4.69, 9.17) is 10.5 Å². The van der Waals surface area contributed by atoms with E-state index < -0.39 is 0 Å². The average molecular weight is 349 g/mol. The normalized spacial score (nSPS) is 10.2. The third-order valence-corrected chi connectivity index (χ3v) is 3.46. The first kappa shape index (κ1) is 15.4. The molecule has 0 bridgehead atoms. The predicted molar refractivity (Wildman–Crippen MR) is 87.8 cm³/mol. The molecule has 0 aliphatic heterocycles. The molecule has 0 aromatic heterocycles. The number of halogens is 1. The van der Waals surface area contributed by atoms with Gasteiger partial charge in [0.05, 0.1) is 5.69 Å². The van der Waals surface area contributed by atoms with Crippen LogP contribution < -0.4 is 15.8 Å². The molecule has 3 N–H and O–H groups in total. The van der Waals surface area contributed by atoms with Crippen molar-refractivity contribution in [1.29, 1.82) is 0 Å². The lowest BCUT2D eigenvalue weighted by Crippen LogP contribution is -2.22. The highest BCUT2D eigenvalue weighted by Gasteiger charge is 2.10. The van der Waals surface area contributed by atoms with Gasteiger partial charge in [0.25, 0.3) is 5.91 Å². The summed E-state index contributed by atoms with van der Waals surface area (Å²) in [5, 5.41) is 2.75. The summed E-state index contributed by atoms with van der Waals surface area (Å²) in [5.74, 6) is 1.04. The van der Waals surface area contributed by atoms with Crippen LogP contribution >= 0.6 is 15.9 Å². The molecule has 0 saturated carbocycles. The van der Waals surface area contributed by atoms with E-state index >= 15 is 0 Å². The maximum absolute atomic E-state index is 11.9. The van der Waals surface area contributed by atoms with Gasteiger partial charge in [-0.15, -0.1) is 0 Å². The van der Waals surface area contributed by atoms with Crippen molar-refractivity contribution < 1.29 is 9.53 Å². The van der Waals surface area contributed by atoms with Gasteiger partial charge in [-0.2, -0.15) is 0 Å². The van der Waals surface area contributed by atoms with E-state index in [9.17, 15) is 4.79 Å². The molecule has 0 spiro atoms. The first-order chi connectivity index (χ1) is 10.0. The van der Waals surface area contributed by atoms with Gasteiger partial charge in [-0.1, -0.05) is 15.9 Å². The van der Waals surface area contributed by atoms with E-state index in [0.717, 1.165) is 10.0 Å². The maximum Gasteiger partial charge on any atom is 0.251 e. The highest BCUT2D eigenvalue weighted by atomic mass is 79.9. The molecular weight excluding hydrogens is 332 g/mol. The fraction of sp³-hybridized carbons (Fsp3) is 0.188. The number of carbonyl (C=O) groups excluding carboxylic acids is 1. The van der Waals surface area contributed by atoms with Crippen LogP contribution in [0.4, 0.5) is 5.69 Å². The SMILES string of the molecule is CCNC(=O)c1ccc(N)c(Oc2ccc(Br)cc2C)c1. The van der Waals surface area contributed by atoms with Gasteiger partial charge in [-0.25, -0.2) is 0 Å². The first-order valence-electron chi connectivity index (χ1n) is 6.63. The van der Waals surface area contributed by atoms with Gasteiger partial charge < -0.3 is 15.8 Å². The Labute approximate surface area is 132 Å². The second-order valence-corrected chi connectivity index (χ2v) is 5.54. The van der Waals surface area contributed by atoms with Crippen molar-refractivity contribution in [2.24, 2.45) is 0 Å². The topological polar surface area (TPSA) is 64.4 Å². The van der Waals surface area contributed by atoms with Gasteiger partial charge in [-0.3, -0.25) is 4.79 Å². The van der Waals surface area contributed by atoms with Crippen molar-refractivity contribution in [1.82, 2.24) is 5.32 Å². The van der Waals surface area contributed by atoms with Gasteiger partial charge in [-0.05, 0) is 55.8 Å². The number of ether oxygens (including phenoxy) is 1. The van der Waals surface area contributed by atoms with Crippen molar-refractivity contribution in [2.45, 2.75) is 13.8 Å². The van der Waals surface area contributed by atoms with Crippen LogP contribution in [-0.4, -0.2) is 12.5 Å². The zero-order valence-electron chi connectivity index (χ0n) is 11.9. The van der Waals surface area contributed by atoms with Crippen LogP contribution in [0.2, 0.25) is 0 Å². The van der Waals surface area contributed by atoms with E-state index in [1.54, 1.807) is 18.2 Å². The number of nitrogen functional groups attached to an aromatic ring is 1. The van der Waals surface area contributed by atoms with E-state index in [1.165, 1.54) is 0 Å². The molecule has 0 saturated heterocycles. The smallest absolute Gasteiger partial charge is 0.251 e. The van der Waals surface area contributed by atoms with Crippen molar-refractivity contribution in [3.8, 4) is 11.5 Å². The minimum atomic E-state index is -0.144. The molecule has 0 aliphatic carbocycles. The first-order valence-corrected chi connectivity index (χ1v) is 7.42. The van der Waals surface area contributed by atoms with Crippen LogP contribution in [0, 0.1) is 6.92 Å². The Morgan fingerprint density at radius 2 is 2.00 bits per heavy atom. The summed E-state index contributed by atoms with van der Waals surface area (Å²) in [5.41, 5.74) is 7.92. The highest BCUT2D eigenvalue weighted by molar-refractivity contribution is 9.10. The number of hydrogen-bond donors (Lipinski definition) is 2. The Kier molecular flexibility index (Phi) is 4.85. The minimum absolute atomic E-state index is 0.144. The summed E-state index contributed by atoms with van der Waals surface area (Å²) >= 11 is 3.41. The number of nitrogens with two attached hydrogens (primary N) is 1. The standard InChI is InChI=1S/C16H17BrN2O2/c1-3-19-16(20)11-4-6-13(18)15(9-11)21-14-7-5-12(17)8-10(14)2/h4-9H,3,18H2,1-2H3,(H,19,20). The van der Waals surface area contributed by atoms with Crippen LogP contribution in [0.5, 0.6) is 11.5 Å². The number of hydrogen-bond acceptors (Lipinski definition) is 3. The molecule has 0 aliphatic rings. The lowest BCUT2D eigenvalue weighted by molar-refractivity contribution is 0.0955. The molecule has 5 heteroatoms. The van der Waals surface area contributed by atoms with E-state index in [1.807, 2.05) is 32.0 Å². The Morgan fingerprint density at radius 1 is 1.24 bits per heavy atom. The fourth-order valence-electron chi connectivity index (χ4n) is 1.87. The summed E-state index contributed by atoms with van der Waals surface area (Å²) in [4.78, 5) is 11.9. The molecule has 2 aromatic rings. The maximum atomic E-state index is 11.9. The number of anilines is 1. The number of rotatable bonds is 4. The molecule has 1 amide bonds. The van der Waals surface area contributed by atoms with Crippen LogP contribution in [0.3, 0.4) is 0 Å². The molecule has 21 heavy (non-hydrogen) atoms. The molecule has 2 aromatic carbocycles. The van der Waals surface area contributed by atoms with Crippen molar-refractivity contribution in [3.05, 3.63) is 52.0 Å². The lowest BCUT2D eigenvalue weighted by atomic mass is 10.1. The van der Waals surface area contributed by atoms with Crippen LogP contribution in [0.15, 0.2) is 40.9 Å². The van der Waals surface area contributed by atoms with Crippen LogP contribution in [-0.2, 0) is 0 Å². The molecule has 0 unspecified atom stereocenters. The van der Waals surface area contributed by atoms with Crippen molar-refractivity contribution in [2.75, 3.05) is 12.3 Å². The fourth-order valence-corrected chi connectivity index (χ4v) is 2.35. The summed E-state index contributed by atoms with van der Waals surface area (Å²) in [6, 6.07) is 10.7. The number of benzene rings is 2. The summed E-state index contributed by atoms with van der Waals surface area (Å²) in [6.07, 6.45) is 0. The van der Waals surface area contributed by atoms with Crippen molar-refractivity contribution >= 4 is 27.5 Å². The molecule has 0 radical (unpaired) electrons.